The van der Waals surface area contributed by atoms with Crippen LogP contribution >= 0.6 is 15.9 Å². The van der Waals surface area contributed by atoms with Gasteiger partial charge in [0.15, 0.2) is 4.67 Å². The van der Waals surface area contributed by atoms with Gasteiger partial charge in [-0.05, 0) is 52.7 Å². The van der Waals surface area contributed by atoms with Gasteiger partial charge in [-0.3, -0.25) is 4.57 Å². The fraction of sp³-hybridized carbons (Fsp3) is 0.176. The minimum Gasteiger partial charge on any atom is -0.462 e. The zero-order valence-electron chi connectivity index (χ0n) is 12.7. The first kappa shape index (κ1) is 16.3. The van der Waals surface area contributed by atoms with Crippen molar-refractivity contribution in [2.45, 2.75) is 13.0 Å². The zero-order chi connectivity index (χ0) is 16.9. The van der Waals surface area contributed by atoms with E-state index in [1.165, 1.54) is 12.2 Å². The summed E-state index contributed by atoms with van der Waals surface area (Å²) >= 11 is 3.19. The van der Waals surface area contributed by atoms with Gasteiger partial charge in [-0.1, -0.05) is 12.1 Å². The molecule has 0 amide bonds. The lowest BCUT2D eigenvalue weighted by Gasteiger charge is -2.04. The van der Waals surface area contributed by atoms with Crippen molar-refractivity contribution in [3.63, 3.8) is 0 Å². The maximum Gasteiger partial charge on any atom is 0.330 e. The number of hydrogen-bond donors (Lipinski definition) is 1. The molecule has 2 aromatic heterocycles. The number of imidazole rings is 1. The molecule has 7 heteroatoms. The number of halogens is 1. The number of aromatic nitrogens is 2. The average molecular weight is 391 g/mol. The second-order valence-corrected chi connectivity index (χ2v) is 5.88. The Kier molecular flexibility index (Phi) is 5.00. The molecule has 124 valence electrons. The number of esters is 1. The summed E-state index contributed by atoms with van der Waals surface area (Å²) in [5, 5.41) is 0. The summed E-state index contributed by atoms with van der Waals surface area (Å²) in [6, 6.07) is 11.0. The molecule has 1 N–H and O–H groups in total. The van der Waals surface area contributed by atoms with Gasteiger partial charge in [-0.25, -0.2) is 9.59 Å². The monoisotopic (exact) mass is 390 g/mol. The van der Waals surface area contributed by atoms with Crippen molar-refractivity contribution < 1.29 is 13.9 Å². The van der Waals surface area contributed by atoms with Gasteiger partial charge >= 0.3 is 11.7 Å². The fourth-order valence-electron chi connectivity index (χ4n) is 2.34. The summed E-state index contributed by atoms with van der Waals surface area (Å²) in [5.41, 5.74) is 1.48. The van der Waals surface area contributed by atoms with Crippen LogP contribution in [-0.4, -0.2) is 22.1 Å². The number of aryl methyl sites for hydroxylation is 1. The molecule has 1 aromatic carbocycles. The van der Waals surface area contributed by atoms with E-state index in [0.29, 0.717) is 23.4 Å². The molecule has 3 aromatic rings. The van der Waals surface area contributed by atoms with E-state index in [0.717, 1.165) is 11.0 Å². The van der Waals surface area contributed by atoms with Crippen molar-refractivity contribution in [1.29, 1.82) is 0 Å². The fourth-order valence-corrected chi connectivity index (χ4v) is 2.66. The Morgan fingerprint density at radius 2 is 2.12 bits per heavy atom. The van der Waals surface area contributed by atoms with Gasteiger partial charge in [0.05, 0.1) is 17.6 Å². The van der Waals surface area contributed by atoms with E-state index in [1.807, 2.05) is 24.3 Å². The molecule has 3 rings (SSSR count). The Hall–Kier alpha value is -2.54. The van der Waals surface area contributed by atoms with Crippen LogP contribution in [0.1, 0.15) is 12.2 Å². The van der Waals surface area contributed by atoms with Gasteiger partial charge in [0, 0.05) is 12.6 Å². The highest BCUT2D eigenvalue weighted by molar-refractivity contribution is 9.10. The lowest BCUT2D eigenvalue weighted by molar-refractivity contribution is -0.137. The van der Waals surface area contributed by atoms with Gasteiger partial charge in [-0.2, -0.15) is 0 Å². The van der Waals surface area contributed by atoms with Crippen LogP contribution in [0.3, 0.4) is 0 Å². The smallest absolute Gasteiger partial charge is 0.330 e. The van der Waals surface area contributed by atoms with Crippen LogP contribution in [0.2, 0.25) is 0 Å². The van der Waals surface area contributed by atoms with Crippen LogP contribution in [0.25, 0.3) is 17.1 Å². The van der Waals surface area contributed by atoms with E-state index in [4.69, 9.17) is 9.15 Å². The number of furan rings is 1. The SMILES string of the molecule is O=C(C=Cc1ccc(Br)o1)OCCCn1c(=O)[nH]c2ccccc21. The summed E-state index contributed by atoms with van der Waals surface area (Å²) in [6.07, 6.45) is 3.40. The minimum atomic E-state index is -0.450. The van der Waals surface area contributed by atoms with Crippen LogP contribution < -0.4 is 5.69 Å². The van der Waals surface area contributed by atoms with E-state index >= 15 is 0 Å². The summed E-state index contributed by atoms with van der Waals surface area (Å²) in [4.78, 5) is 26.3. The number of aromatic amines is 1. The van der Waals surface area contributed by atoms with E-state index in [2.05, 4.69) is 20.9 Å². The molecular formula is C17H15BrN2O4. The van der Waals surface area contributed by atoms with E-state index in [9.17, 15) is 9.59 Å². The number of nitrogens with one attached hydrogen (secondary N) is 1. The number of rotatable bonds is 6. The average Bonchev–Trinajstić information content (AvgIpc) is 3.12. The maximum absolute atomic E-state index is 11.9. The predicted octanol–water partition coefficient (Wildman–Crippen LogP) is 3.33. The molecule has 0 radical (unpaired) electrons. The molecule has 0 atom stereocenters. The molecular weight excluding hydrogens is 376 g/mol. The number of ether oxygens (including phenoxy) is 1. The van der Waals surface area contributed by atoms with Crippen LogP contribution in [0.4, 0.5) is 0 Å². The number of carbonyl (C=O) groups excluding carboxylic acids is 1. The molecule has 0 aliphatic heterocycles. The summed E-state index contributed by atoms with van der Waals surface area (Å²) in [7, 11) is 0. The van der Waals surface area contributed by atoms with Crippen molar-refractivity contribution in [3.05, 3.63) is 63.4 Å². The molecule has 24 heavy (non-hydrogen) atoms. The molecule has 0 unspecified atom stereocenters. The molecule has 2 heterocycles. The van der Waals surface area contributed by atoms with Gasteiger partial charge in [0.1, 0.15) is 5.76 Å². The lowest BCUT2D eigenvalue weighted by atomic mass is 10.3. The quantitative estimate of drug-likeness (QED) is 0.397. The first-order chi connectivity index (χ1) is 11.6. The normalized spacial score (nSPS) is 11.4. The third-order valence-corrected chi connectivity index (χ3v) is 3.86. The third kappa shape index (κ3) is 3.86. The van der Waals surface area contributed by atoms with Crippen molar-refractivity contribution in [2.75, 3.05) is 6.61 Å². The highest BCUT2D eigenvalue weighted by Crippen LogP contribution is 2.15. The van der Waals surface area contributed by atoms with Gasteiger partial charge in [0.25, 0.3) is 0 Å². The van der Waals surface area contributed by atoms with E-state index < -0.39 is 5.97 Å². The Morgan fingerprint density at radius 1 is 1.29 bits per heavy atom. The number of fused-ring (bicyclic) bond motifs is 1. The van der Waals surface area contributed by atoms with Crippen molar-refractivity contribution in [2.24, 2.45) is 0 Å². The second-order valence-electron chi connectivity index (χ2n) is 5.10. The van der Waals surface area contributed by atoms with E-state index in [-0.39, 0.29) is 12.3 Å². The van der Waals surface area contributed by atoms with Crippen LogP contribution in [0.15, 0.2) is 56.4 Å². The molecule has 6 nitrogen and oxygen atoms in total. The Labute approximate surface area is 145 Å². The summed E-state index contributed by atoms with van der Waals surface area (Å²) < 4.78 is 12.6. The van der Waals surface area contributed by atoms with Crippen molar-refractivity contribution in [1.82, 2.24) is 9.55 Å². The molecule has 0 aliphatic carbocycles. The van der Waals surface area contributed by atoms with Gasteiger partial charge in [-0.15, -0.1) is 0 Å². The number of carbonyl (C=O) groups is 1. The highest BCUT2D eigenvalue weighted by Gasteiger charge is 2.06. The summed E-state index contributed by atoms with van der Waals surface area (Å²) in [5.74, 6) is 0.109. The minimum absolute atomic E-state index is 0.161. The first-order valence-corrected chi connectivity index (χ1v) is 8.20. The predicted molar refractivity (Wildman–Crippen MR) is 93.6 cm³/mol. The van der Waals surface area contributed by atoms with E-state index in [1.54, 1.807) is 16.7 Å². The zero-order valence-corrected chi connectivity index (χ0v) is 14.3. The van der Waals surface area contributed by atoms with Crippen molar-refractivity contribution >= 4 is 39.0 Å². The molecule has 0 fully saturated rings. The standard InChI is InChI=1S/C17H15BrN2O4/c18-15-8-6-12(24-15)7-9-16(21)23-11-3-10-20-14-5-2-1-4-13(14)19-17(20)22/h1-2,4-9H,3,10-11H2,(H,19,22). The van der Waals surface area contributed by atoms with Crippen LogP contribution in [0.5, 0.6) is 0 Å². The molecule has 0 saturated carbocycles. The molecule has 0 saturated heterocycles. The second kappa shape index (κ2) is 7.35. The number of benzene rings is 1. The number of nitrogens with zero attached hydrogens (tertiary/aromatic N) is 1. The summed E-state index contributed by atoms with van der Waals surface area (Å²) in [6.45, 7) is 0.710. The Balaban J connectivity index is 1.50. The first-order valence-electron chi connectivity index (χ1n) is 7.41. The molecule has 0 aliphatic rings. The van der Waals surface area contributed by atoms with Gasteiger partial charge in [0.2, 0.25) is 0 Å². The van der Waals surface area contributed by atoms with Crippen LogP contribution in [-0.2, 0) is 16.1 Å². The van der Waals surface area contributed by atoms with Gasteiger partial charge < -0.3 is 14.1 Å². The lowest BCUT2D eigenvalue weighted by Crippen LogP contribution is -2.18. The maximum atomic E-state index is 11.9. The number of H-pyrrole nitrogens is 1. The largest absolute Gasteiger partial charge is 0.462 e. The van der Waals surface area contributed by atoms with Crippen LogP contribution in [0, 0.1) is 0 Å². The molecule has 0 bridgehead atoms. The Morgan fingerprint density at radius 3 is 2.92 bits per heavy atom. The topological polar surface area (TPSA) is 77.2 Å². The third-order valence-electron chi connectivity index (χ3n) is 3.43. The molecule has 0 spiro atoms. The van der Waals surface area contributed by atoms with Crippen molar-refractivity contribution in [3.8, 4) is 0 Å². The highest BCUT2D eigenvalue weighted by atomic mass is 79.9. The number of hydrogen-bond acceptors (Lipinski definition) is 4. The Bertz CT molecular complexity index is 935. The number of para-hydroxylation sites is 2.